The van der Waals surface area contributed by atoms with Crippen LogP contribution in [0.4, 0.5) is 19.0 Å². The van der Waals surface area contributed by atoms with Crippen LogP contribution in [0.5, 0.6) is 0 Å². The van der Waals surface area contributed by atoms with E-state index in [-0.39, 0.29) is 39.7 Å². The van der Waals surface area contributed by atoms with E-state index >= 15 is 0 Å². The van der Waals surface area contributed by atoms with Crippen LogP contribution in [0.1, 0.15) is 37.6 Å². The summed E-state index contributed by atoms with van der Waals surface area (Å²) in [6.07, 6.45) is 0.369. The summed E-state index contributed by atoms with van der Waals surface area (Å²) in [6, 6.07) is 6.61. The molecule has 11 heteroatoms. The lowest BCUT2D eigenvalue weighted by Crippen LogP contribution is -2.19. The van der Waals surface area contributed by atoms with Crippen LogP contribution in [-0.2, 0) is 15.7 Å². The summed E-state index contributed by atoms with van der Waals surface area (Å²) >= 11 is 6.39. The van der Waals surface area contributed by atoms with Crippen molar-refractivity contribution in [3.05, 3.63) is 41.3 Å². The van der Waals surface area contributed by atoms with Gasteiger partial charge in [0.2, 0.25) is 5.91 Å². The summed E-state index contributed by atoms with van der Waals surface area (Å²) in [4.78, 5) is 16.4. The van der Waals surface area contributed by atoms with E-state index in [1.807, 2.05) is 0 Å². The number of anilines is 1. The third kappa shape index (κ3) is 4.33. The highest BCUT2D eigenvalue weighted by molar-refractivity contribution is 6.36. The second-order valence-corrected chi connectivity index (χ2v) is 8.91. The Balaban J connectivity index is 1.52. The fraction of sp³-hybridized carbons (Fsp3) is 0.391. The van der Waals surface area contributed by atoms with Crippen molar-refractivity contribution in [1.82, 2.24) is 14.8 Å². The van der Waals surface area contributed by atoms with Crippen LogP contribution in [0, 0.1) is 23.2 Å². The van der Waals surface area contributed by atoms with E-state index in [0.717, 1.165) is 12.8 Å². The molecule has 0 bridgehead atoms. The maximum atomic E-state index is 13.8. The number of fused-ring (bicyclic) bond motifs is 1. The quantitative estimate of drug-likeness (QED) is 0.517. The van der Waals surface area contributed by atoms with E-state index in [9.17, 15) is 18.0 Å². The van der Waals surface area contributed by atoms with Crippen molar-refractivity contribution in [1.29, 1.82) is 5.26 Å². The van der Waals surface area contributed by atoms with Crippen molar-refractivity contribution >= 4 is 34.1 Å². The monoisotopic (exact) mass is 489 g/mol. The molecule has 1 aliphatic heterocycles. The average molecular weight is 490 g/mol. The molecule has 1 aliphatic carbocycles. The van der Waals surface area contributed by atoms with Crippen LogP contribution in [0.2, 0.25) is 5.02 Å². The Hall–Kier alpha value is -3.16. The summed E-state index contributed by atoms with van der Waals surface area (Å²) in [5.74, 6) is -0.753. The number of halogens is 4. The summed E-state index contributed by atoms with van der Waals surface area (Å²) in [5, 5.41) is 16.7. The van der Waals surface area contributed by atoms with E-state index < -0.39 is 18.1 Å². The summed E-state index contributed by atoms with van der Waals surface area (Å²) in [5.41, 5.74) is -0.888. The summed E-state index contributed by atoms with van der Waals surface area (Å²) < 4.78 is 48.4. The molecule has 3 atom stereocenters. The third-order valence-corrected chi connectivity index (χ3v) is 6.41. The lowest BCUT2D eigenvalue weighted by molar-refractivity contribution is -0.141. The number of nitrogens with one attached hydrogen (secondary N) is 1. The first kappa shape index (κ1) is 22.6. The van der Waals surface area contributed by atoms with Gasteiger partial charge >= 0.3 is 6.18 Å². The van der Waals surface area contributed by atoms with Gasteiger partial charge in [-0.15, -0.1) is 0 Å². The Labute approximate surface area is 197 Å². The van der Waals surface area contributed by atoms with Crippen LogP contribution in [0.25, 0.3) is 21.9 Å². The van der Waals surface area contributed by atoms with Crippen molar-refractivity contribution in [3.63, 3.8) is 0 Å². The molecule has 3 heterocycles. The smallest absolute Gasteiger partial charge is 0.357 e. The fourth-order valence-corrected chi connectivity index (χ4v) is 4.45. The molecule has 2 fully saturated rings. The summed E-state index contributed by atoms with van der Waals surface area (Å²) in [6.45, 7) is 0.473. The Morgan fingerprint density at radius 3 is 2.79 bits per heavy atom. The molecule has 0 spiro atoms. The Bertz CT molecular complexity index is 1310. The zero-order valence-corrected chi connectivity index (χ0v) is 18.5. The number of hydrogen-bond donors (Lipinski definition) is 1. The molecule has 2 aromatic heterocycles. The van der Waals surface area contributed by atoms with E-state index in [0.29, 0.717) is 30.2 Å². The highest BCUT2D eigenvalue weighted by Gasteiger charge is 2.43. The molecule has 1 saturated carbocycles. The number of hydrogen-bond acceptors (Lipinski definition) is 5. The minimum Gasteiger partial charge on any atom is -0.357 e. The second kappa shape index (κ2) is 8.56. The van der Waals surface area contributed by atoms with Crippen molar-refractivity contribution in [2.45, 2.75) is 38.1 Å². The van der Waals surface area contributed by atoms with Crippen molar-refractivity contribution < 1.29 is 22.7 Å². The van der Waals surface area contributed by atoms with Gasteiger partial charge in [0.05, 0.1) is 22.9 Å². The lowest BCUT2D eigenvalue weighted by atomic mass is 10.0. The highest BCUT2D eigenvalue weighted by atomic mass is 35.5. The van der Waals surface area contributed by atoms with Crippen molar-refractivity contribution in [2.24, 2.45) is 11.8 Å². The van der Waals surface area contributed by atoms with E-state index in [1.54, 1.807) is 12.1 Å². The molecule has 34 heavy (non-hydrogen) atoms. The largest absolute Gasteiger partial charge is 0.435 e. The molecule has 1 saturated heterocycles. The van der Waals surface area contributed by atoms with Gasteiger partial charge < -0.3 is 10.1 Å². The summed E-state index contributed by atoms with van der Waals surface area (Å²) in [7, 11) is 0. The first-order valence-electron chi connectivity index (χ1n) is 10.8. The molecule has 1 N–H and O–H groups in total. The van der Waals surface area contributed by atoms with Gasteiger partial charge in [-0.2, -0.15) is 23.5 Å². The Morgan fingerprint density at radius 1 is 1.29 bits per heavy atom. The number of ether oxygens (including phenoxy) is 1. The van der Waals surface area contributed by atoms with Crippen LogP contribution in [0.15, 0.2) is 30.6 Å². The standard InChI is InChI=1S/C23H19ClF3N5O2/c24-18-7-12(17-11-32(20-3-1-2-4-34-20)31-21(17)23(25,26)27)5-13-8-19(29-10-16(13)18)30-22(33)15-6-14(15)9-28/h5,7-8,10-11,14-15,20H,1-4,6H2,(H,29,30,33)/t14-,15-,20?/m1/s1. The predicted molar refractivity (Wildman–Crippen MR) is 118 cm³/mol. The molecule has 2 aliphatic rings. The van der Waals surface area contributed by atoms with Gasteiger partial charge in [-0.1, -0.05) is 11.6 Å². The Kier molecular flexibility index (Phi) is 5.70. The molecule has 0 radical (unpaired) electrons. The van der Waals surface area contributed by atoms with Crippen LogP contribution >= 0.6 is 11.6 Å². The van der Waals surface area contributed by atoms with Crippen LogP contribution in [0.3, 0.4) is 0 Å². The number of rotatable bonds is 4. The zero-order valence-electron chi connectivity index (χ0n) is 17.8. The minimum absolute atomic E-state index is 0.109. The van der Waals surface area contributed by atoms with E-state index in [4.69, 9.17) is 21.6 Å². The van der Waals surface area contributed by atoms with E-state index in [2.05, 4.69) is 21.5 Å². The first-order chi connectivity index (χ1) is 16.2. The van der Waals surface area contributed by atoms with Gasteiger partial charge in [0.1, 0.15) is 12.0 Å². The molecule has 5 rings (SSSR count). The van der Waals surface area contributed by atoms with Crippen LogP contribution in [-0.4, -0.2) is 27.3 Å². The molecule has 1 aromatic carbocycles. The molecule has 3 aromatic rings. The molecule has 176 valence electrons. The SMILES string of the molecule is N#C[C@H]1C[C@H]1C(=O)Nc1cc2cc(-c3cn(C4CCCCO4)nc3C(F)(F)F)cc(Cl)c2cn1. The Morgan fingerprint density at radius 2 is 2.12 bits per heavy atom. The zero-order chi connectivity index (χ0) is 24.0. The van der Waals surface area contributed by atoms with Gasteiger partial charge in [0, 0.05) is 30.0 Å². The predicted octanol–water partition coefficient (Wildman–Crippen LogP) is 5.57. The normalized spacial score (nSPS) is 22.4. The number of nitriles is 1. The molecule has 1 unspecified atom stereocenters. The number of nitrogens with zero attached hydrogens (tertiary/aromatic N) is 4. The number of benzene rings is 1. The molecular formula is C23H19ClF3N5O2. The maximum absolute atomic E-state index is 13.8. The number of aromatic nitrogens is 3. The highest BCUT2D eigenvalue weighted by Crippen LogP contribution is 2.41. The van der Waals surface area contributed by atoms with Gasteiger partial charge in [-0.25, -0.2) is 9.67 Å². The second-order valence-electron chi connectivity index (χ2n) is 8.51. The fourth-order valence-electron chi connectivity index (χ4n) is 4.18. The topological polar surface area (TPSA) is 92.8 Å². The number of amides is 1. The number of carbonyl (C=O) groups excluding carboxylic acids is 1. The number of alkyl halides is 3. The first-order valence-corrected chi connectivity index (χ1v) is 11.2. The van der Waals surface area contributed by atoms with Gasteiger partial charge in [-0.05, 0) is 54.8 Å². The lowest BCUT2D eigenvalue weighted by Gasteiger charge is -2.22. The number of pyridine rings is 1. The molecule has 1 amide bonds. The minimum atomic E-state index is -4.67. The third-order valence-electron chi connectivity index (χ3n) is 6.09. The van der Waals surface area contributed by atoms with Crippen LogP contribution < -0.4 is 5.32 Å². The van der Waals surface area contributed by atoms with Gasteiger partial charge in [-0.3, -0.25) is 4.79 Å². The van der Waals surface area contributed by atoms with Crippen molar-refractivity contribution in [2.75, 3.05) is 11.9 Å². The average Bonchev–Trinajstić information content (AvgIpc) is 3.46. The van der Waals surface area contributed by atoms with Gasteiger partial charge in [0.15, 0.2) is 5.69 Å². The maximum Gasteiger partial charge on any atom is 0.435 e. The molecular weight excluding hydrogens is 471 g/mol. The van der Waals surface area contributed by atoms with E-state index in [1.165, 1.54) is 23.1 Å². The van der Waals surface area contributed by atoms with Crippen molar-refractivity contribution in [3.8, 4) is 17.2 Å². The number of carbonyl (C=O) groups is 1. The molecule has 7 nitrogen and oxygen atoms in total. The van der Waals surface area contributed by atoms with Gasteiger partial charge in [0.25, 0.3) is 0 Å².